The summed E-state index contributed by atoms with van der Waals surface area (Å²) in [5.41, 5.74) is 1.58. The van der Waals surface area contributed by atoms with E-state index in [9.17, 15) is 0 Å². The molecule has 0 aromatic heterocycles. The van der Waals surface area contributed by atoms with E-state index in [1.165, 1.54) is 32.1 Å². The Morgan fingerprint density at radius 3 is 2.50 bits per heavy atom. The van der Waals surface area contributed by atoms with Crippen molar-refractivity contribution in [3.05, 3.63) is 11.6 Å². The molecule has 0 aromatic rings. The van der Waals surface area contributed by atoms with Crippen molar-refractivity contribution in [2.24, 2.45) is 5.92 Å². The summed E-state index contributed by atoms with van der Waals surface area (Å²) in [5.74, 6) is 0.865. The number of unbranched alkanes of at least 4 members (excludes halogenated alkanes) is 1. The highest BCUT2D eigenvalue weighted by atomic mass is 14.0. The predicted octanol–water partition coefficient (Wildman–Crippen LogP) is 4.56. The fraction of sp³-hybridized carbons (Fsp3) is 0.833. The highest BCUT2D eigenvalue weighted by molar-refractivity contribution is 4.97. The van der Waals surface area contributed by atoms with Crippen LogP contribution in [0.25, 0.3) is 0 Å². The third-order valence-corrected chi connectivity index (χ3v) is 2.13. The van der Waals surface area contributed by atoms with E-state index in [2.05, 4.69) is 33.8 Å². The Labute approximate surface area is 78.1 Å². The lowest BCUT2D eigenvalue weighted by Gasteiger charge is -2.04. The van der Waals surface area contributed by atoms with E-state index in [0.717, 1.165) is 5.92 Å². The molecule has 0 aliphatic rings. The average Bonchev–Trinajstić information content (AvgIpc) is 2.00. The summed E-state index contributed by atoms with van der Waals surface area (Å²) in [4.78, 5) is 0. The fourth-order valence-corrected chi connectivity index (χ4v) is 1.28. The second-order valence-corrected chi connectivity index (χ2v) is 4.13. The maximum Gasteiger partial charge on any atom is -0.0323 e. The Bertz CT molecular complexity index is 120. The highest BCUT2D eigenvalue weighted by Gasteiger charge is 1.94. The van der Waals surface area contributed by atoms with Crippen LogP contribution in [0.5, 0.6) is 0 Å². The van der Waals surface area contributed by atoms with Crippen LogP contribution >= 0.6 is 0 Å². The molecule has 0 saturated carbocycles. The van der Waals surface area contributed by atoms with Gasteiger partial charge in [-0.05, 0) is 32.1 Å². The van der Waals surface area contributed by atoms with E-state index >= 15 is 0 Å². The van der Waals surface area contributed by atoms with E-state index in [-0.39, 0.29) is 0 Å². The first-order valence-electron chi connectivity index (χ1n) is 5.32. The SMILES string of the molecule is CCC/C=C(\C)CCCC(C)C. The van der Waals surface area contributed by atoms with Crippen molar-refractivity contribution < 1.29 is 0 Å². The maximum absolute atomic E-state index is 2.39. The highest BCUT2D eigenvalue weighted by Crippen LogP contribution is 2.12. The predicted molar refractivity (Wildman–Crippen MR) is 57.4 cm³/mol. The number of hydrogen-bond donors (Lipinski definition) is 0. The monoisotopic (exact) mass is 168 g/mol. The average molecular weight is 168 g/mol. The standard InChI is InChI=1S/C12H24/c1-5-6-9-12(4)10-7-8-11(2)3/h9,11H,5-8,10H2,1-4H3/b12-9+. The summed E-state index contributed by atoms with van der Waals surface area (Å²) in [5, 5.41) is 0. The van der Waals surface area contributed by atoms with Crippen molar-refractivity contribution >= 4 is 0 Å². The van der Waals surface area contributed by atoms with Gasteiger partial charge in [0.05, 0.1) is 0 Å². The third kappa shape index (κ3) is 7.84. The number of hydrogen-bond acceptors (Lipinski definition) is 0. The quantitative estimate of drug-likeness (QED) is 0.510. The Balaban J connectivity index is 3.36. The van der Waals surface area contributed by atoms with Gasteiger partial charge in [0, 0.05) is 0 Å². The molecule has 0 unspecified atom stereocenters. The molecule has 0 N–H and O–H groups in total. The van der Waals surface area contributed by atoms with Crippen LogP contribution < -0.4 is 0 Å². The van der Waals surface area contributed by atoms with E-state index in [1.807, 2.05) is 0 Å². The molecular weight excluding hydrogens is 144 g/mol. The van der Waals surface area contributed by atoms with Crippen LogP contribution in [-0.4, -0.2) is 0 Å². The summed E-state index contributed by atoms with van der Waals surface area (Å²) in [7, 11) is 0. The van der Waals surface area contributed by atoms with Crippen molar-refractivity contribution in [1.29, 1.82) is 0 Å². The molecule has 0 heterocycles. The zero-order chi connectivity index (χ0) is 9.40. The van der Waals surface area contributed by atoms with Crippen LogP contribution in [0.15, 0.2) is 11.6 Å². The molecule has 0 nitrogen and oxygen atoms in total. The van der Waals surface area contributed by atoms with Gasteiger partial charge in [0.2, 0.25) is 0 Å². The molecule has 0 heteroatoms. The van der Waals surface area contributed by atoms with Gasteiger partial charge >= 0.3 is 0 Å². The van der Waals surface area contributed by atoms with Gasteiger partial charge in [0.15, 0.2) is 0 Å². The van der Waals surface area contributed by atoms with Gasteiger partial charge in [-0.1, -0.05) is 45.3 Å². The molecule has 0 spiro atoms. The van der Waals surface area contributed by atoms with Gasteiger partial charge < -0.3 is 0 Å². The van der Waals surface area contributed by atoms with Gasteiger partial charge in [0.1, 0.15) is 0 Å². The van der Waals surface area contributed by atoms with Gasteiger partial charge in [-0.3, -0.25) is 0 Å². The normalized spacial score (nSPS) is 12.6. The first-order valence-corrected chi connectivity index (χ1v) is 5.32. The topological polar surface area (TPSA) is 0 Å². The lowest BCUT2D eigenvalue weighted by molar-refractivity contribution is 0.554. The molecule has 0 rings (SSSR count). The minimum Gasteiger partial charge on any atom is -0.0856 e. The molecule has 0 aliphatic carbocycles. The lowest BCUT2D eigenvalue weighted by Crippen LogP contribution is -1.87. The molecule has 0 saturated heterocycles. The first kappa shape index (κ1) is 11.7. The maximum atomic E-state index is 2.39. The van der Waals surface area contributed by atoms with E-state index < -0.39 is 0 Å². The van der Waals surface area contributed by atoms with Crippen molar-refractivity contribution in [3.8, 4) is 0 Å². The molecule has 0 aliphatic heterocycles. The molecular formula is C12H24. The third-order valence-electron chi connectivity index (χ3n) is 2.13. The summed E-state index contributed by atoms with van der Waals surface area (Å²) in [6.07, 6.45) is 8.97. The van der Waals surface area contributed by atoms with Crippen LogP contribution in [-0.2, 0) is 0 Å². The van der Waals surface area contributed by atoms with Gasteiger partial charge in [0.25, 0.3) is 0 Å². The number of allylic oxidation sites excluding steroid dienone is 2. The minimum absolute atomic E-state index is 0.865. The molecule has 0 aromatic carbocycles. The summed E-state index contributed by atoms with van der Waals surface area (Å²) in [6.45, 7) is 9.09. The molecule has 0 radical (unpaired) electrons. The van der Waals surface area contributed by atoms with Crippen molar-refractivity contribution in [2.75, 3.05) is 0 Å². The molecule has 0 amide bonds. The van der Waals surface area contributed by atoms with Crippen LogP contribution in [0.3, 0.4) is 0 Å². The van der Waals surface area contributed by atoms with Crippen molar-refractivity contribution in [2.45, 2.75) is 59.8 Å². The van der Waals surface area contributed by atoms with Crippen LogP contribution in [0.2, 0.25) is 0 Å². The molecule has 12 heavy (non-hydrogen) atoms. The van der Waals surface area contributed by atoms with Crippen LogP contribution in [0, 0.1) is 5.92 Å². The van der Waals surface area contributed by atoms with Crippen molar-refractivity contribution in [3.63, 3.8) is 0 Å². The van der Waals surface area contributed by atoms with Gasteiger partial charge in [-0.2, -0.15) is 0 Å². The van der Waals surface area contributed by atoms with E-state index in [4.69, 9.17) is 0 Å². The van der Waals surface area contributed by atoms with Crippen molar-refractivity contribution in [1.82, 2.24) is 0 Å². The minimum atomic E-state index is 0.865. The molecule has 72 valence electrons. The van der Waals surface area contributed by atoms with E-state index in [0.29, 0.717) is 0 Å². The van der Waals surface area contributed by atoms with E-state index in [1.54, 1.807) is 5.57 Å². The zero-order valence-electron chi connectivity index (χ0n) is 9.19. The van der Waals surface area contributed by atoms with Gasteiger partial charge in [-0.25, -0.2) is 0 Å². The molecule has 0 bridgehead atoms. The smallest absolute Gasteiger partial charge is 0.0323 e. The lowest BCUT2D eigenvalue weighted by atomic mass is 10.0. The van der Waals surface area contributed by atoms with Gasteiger partial charge in [-0.15, -0.1) is 0 Å². The van der Waals surface area contributed by atoms with Crippen LogP contribution in [0.1, 0.15) is 59.8 Å². The van der Waals surface area contributed by atoms with Crippen LogP contribution in [0.4, 0.5) is 0 Å². The summed E-state index contributed by atoms with van der Waals surface area (Å²) >= 11 is 0. The number of rotatable bonds is 6. The second kappa shape index (κ2) is 7.39. The largest absolute Gasteiger partial charge is 0.0856 e. The Morgan fingerprint density at radius 2 is 2.00 bits per heavy atom. The second-order valence-electron chi connectivity index (χ2n) is 4.13. The Kier molecular flexibility index (Phi) is 7.23. The summed E-state index contributed by atoms with van der Waals surface area (Å²) in [6, 6.07) is 0. The fourth-order valence-electron chi connectivity index (χ4n) is 1.28. The Hall–Kier alpha value is -0.260. The Morgan fingerprint density at radius 1 is 1.33 bits per heavy atom. The first-order chi connectivity index (χ1) is 5.66. The summed E-state index contributed by atoms with van der Waals surface area (Å²) < 4.78 is 0. The molecule has 0 fully saturated rings. The molecule has 0 atom stereocenters. The zero-order valence-corrected chi connectivity index (χ0v) is 9.19.